The van der Waals surface area contributed by atoms with Gasteiger partial charge in [0.25, 0.3) is 5.91 Å². The molecular weight excluding hydrogens is 375 g/mol. The molecule has 152 valence electrons. The number of halogens is 3. The molecule has 2 aromatic rings. The van der Waals surface area contributed by atoms with Crippen LogP contribution in [0.5, 0.6) is 0 Å². The van der Waals surface area contributed by atoms with Gasteiger partial charge in [0.1, 0.15) is 12.2 Å². The van der Waals surface area contributed by atoms with Gasteiger partial charge < -0.3 is 14.8 Å². The molecule has 0 bridgehead atoms. The zero-order valence-electron chi connectivity index (χ0n) is 15.8. The lowest BCUT2D eigenvalue weighted by Gasteiger charge is -2.22. The number of hydrogen-bond acceptors (Lipinski definition) is 3. The Kier molecular flexibility index (Phi) is 6.53. The molecule has 2 N–H and O–H groups in total. The Morgan fingerprint density at radius 2 is 1.93 bits per heavy atom. The number of carbonyl (C=O) groups is 2. The normalized spacial score (nSPS) is 12.8. The number of aliphatic carboxylic acids is 1. The smallest absolute Gasteiger partial charge is 0.416 e. The Bertz CT molecular complexity index is 855. The van der Waals surface area contributed by atoms with Crippen molar-refractivity contribution >= 4 is 11.9 Å². The van der Waals surface area contributed by atoms with Crippen LogP contribution < -0.4 is 5.32 Å². The van der Waals surface area contributed by atoms with Crippen LogP contribution in [0.3, 0.4) is 0 Å². The van der Waals surface area contributed by atoms with Gasteiger partial charge in [0.2, 0.25) is 0 Å². The fourth-order valence-corrected chi connectivity index (χ4v) is 2.98. The van der Waals surface area contributed by atoms with E-state index in [0.29, 0.717) is 17.5 Å². The molecule has 0 fully saturated rings. The monoisotopic (exact) mass is 397 g/mol. The maximum Gasteiger partial charge on any atom is 0.416 e. The third-order valence-corrected chi connectivity index (χ3v) is 4.22. The van der Waals surface area contributed by atoms with Gasteiger partial charge in [-0.05, 0) is 37.0 Å². The third kappa shape index (κ3) is 5.37. The molecule has 1 unspecified atom stereocenters. The van der Waals surface area contributed by atoms with Gasteiger partial charge >= 0.3 is 12.1 Å². The van der Waals surface area contributed by atoms with E-state index >= 15 is 0 Å². The number of nitrogens with one attached hydrogen (secondary N) is 1. The zero-order chi connectivity index (χ0) is 21.1. The van der Waals surface area contributed by atoms with Crippen LogP contribution in [0.15, 0.2) is 34.9 Å². The Labute approximate surface area is 160 Å². The first-order chi connectivity index (χ1) is 13.0. The third-order valence-electron chi connectivity index (χ3n) is 4.22. The van der Waals surface area contributed by atoms with Gasteiger partial charge in [0.05, 0.1) is 23.4 Å². The minimum absolute atomic E-state index is 0.00911. The van der Waals surface area contributed by atoms with E-state index in [9.17, 15) is 22.8 Å². The lowest BCUT2D eigenvalue weighted by molar-refractivity contribution is -0.138. The van der Waals surface area contributed by atoms with Gasteiger partial charge in [-0.3, -0.25) is 9.59 Å². The van der Waals surface area contributed by atoms with Crippen molar-refractivity contribution in [2.24, 2.45) is 5.92 Å². The maximum atomic E-state index is 13.1. The molecule has 1 aromatic heterocycles. The van der Waals surface area contributed by atoms with E-state index in [1.54, 1.807) is 6.92 Å². The van der Waals surface area contributed by atoms with Crippen molar-refractivity contribution in [3.05, 3.63) is 58.5 Å². The number of carboxylic acids is 1. The molecule has 0 aliphatic rings. The molecule has 8 heteroatoms. The first-order valence-electron chi connectivity index (χ1n) is 8.75. The minimum atomic E-state index is -4.49. The van der Waals surface area contributed by atoms with Crippen LogP contribution in [-0.4, -0.2) is 17.0 Å². The number of rotatable bonds is 7. The molecule has 0 aliphatic carbocycles. The standard InChI is InChI=1S/C20H22F3NO4/c1-11(2)7-15(13-5-4-6-14(8-13)20(21,22)23)24-19(27)18-12(3)10-28-16(18)9-17(25)26/h4-6,8,10-11,15H,7,9H2,1-3H3,(H,24,27)(H,25,26). The van der Waals surface area contributed by atoms with Crippen LogP contribution in [0.4, 0.5) is 13.2 Å². The van der Waals surface area contributed by atoms with E-state index in [-0.39, 0.29) is 17.2 Å². The number of aryl methyl sites for hydroxylation is 1. The van der Waals surface area contributed by atoms with Crippen molar-refractivity contribution in [2.75, 3.05) is 0 Å². The summed E-state index contributed by atoms with van der Waals surface area (Å²) < 4.78 is 44.3. The van der Waals surface area contributed by atoms with Crippen molar-refractivity contribution in [3.63, 3.8) is 0 Å². The second-order valence-corrected chi connectivity index (χ2v) is 7.07. The van der Waals surface area contributed by atoms with E-state index in [0.717, 1.165) is 12.1 Å². The summed E-state index contributed by atoms with van der Waals surface area (Å²) in [4.78, 5) is 23.8. The summed E-state index contributed by atoms with van der Waals surface area (Å²) in [6, 6.07) is 4.16. The summed E-state index contributed by atoms with van der Waals surface area (Å²) >= 11 is 0. The Morgan fingerprint density at radius 1 is 1.25 bits per heavy atom. The fourth-order valence-electron chi connectivity index (χ4n) is 2.98. The van der Waals surface area contributed by atoms with E-state index in [1.165, 1.54) is 18.4 Å². The van der Waals surface area contributed by atoms with Crippen LogP contribution in [0, 0.1) is 12.8 Å². The first kappa shape index (κ1) is 21.5. The largest absolute Gasteiger partial charge is 0.481 e. The highest BCUT2D eigenvalue weighted by Gasteiger charge is 2.31. The average molecular weight is 397 g/mol. The SMILES string of the molecule is Cc1coc(CC(=O)O)c1C(=O)NC(CC(C)C)c1cccc(C(F)(F)F)c1. The second-order valence-electron chi connectivity index (χ2n) is 7.07. The fraction of sp³-hybridized carbons (Fsp3) is 0.400. The minimum Gasteiger partial charge on any atom is -0.481 e. The van der Waals surface area contributed by atoms with Crippen molar-refractivity contribution in [3.8, 4) is 0 Å². The molecule has 2 rings (SSSR count). The summed E-state index contributed by atoms with van der Waals surface area (Å²) in [5.74, 6) is -1.62. The highest BCUT2D eigenvalue weighted by atomic mass is 19.4. The molecule has 0 aliphatic heterocycles. The zero-order valence-corrected chi connectivity index (χ0v) is 15.8. The van der Waals surface area contributed by atoms with E-state index in [4.69, 9.17) is 9.52 Å². The van der Waals surface area contributed by atoms with E-state index in [2.05, 4.69) is 5.32 Å². The van der Waals surface area contributed by atoms with Gasteiger partial charge in [-0.2, -0.15) is 13.2 Å². The Balaban J connectivity index is 2.35. The van der Waals surface area contributed by atoms with Crippen LogP contribution in [0.25, 0.3) is 0 Å². The van der Waals surface area contributed by atoms with Crippen LogP contribution >= 0.6 is 0 Å². The Morgan fingerprint density at radius 3 is 2.50 bits per heavy atom. The number of alkyl halides is 3. The summed E-state index contributed by atoms with van der Waals surface area (Å²) in [7, 11) is 0. The lowest BCUT2D eigenvalue weighted by atomic mass is 9.95. The molecule has 28 heavy (non-hydrogen) atoms. The summed E-state index contributed by atoms with van der Waals surface area (Å²) in [6.07, 6.45) is -3.25. The quantitative estimate of drug-likeness (QED) is 0.707. The van der Waals surface area contributed by atoms with Crippen molar-refractivity contribution < 1.29 is 32.3 Å². The summed E-state index contributed by atoms with van der Waals surface area (Å²) in [5.41, 5.74) is 0.0982. The molecule has 0 saturated carbocycles. The number of hydrogen-bond donors (Lipinski definition) is 2. The second kappa shape index (κ2) is 8.50. The van der Waals surface area contributed by atoms with Gasteiger partial charge in [-0.15, -0.1) is 0 Å². The summed E-state index contributed by atoms with van der Waals surface area (Å²) in [6.45, 7) is 5.39. The predicted molar refractivity (Wildman–Crippen MR) is 95.9 cm³/mol. The molecule has 0 radical (unpaired) electrons. The van der Waals surface area contributed by atoms with Crippen LogP contribution in [0.1, 0.15) is 59.1 Å². The molecular formula is C20H22F3NO4. The van der Waals surface area contributed by atoms with Gasteiger partial charge in [-0.25, -0.2) is 0 Å². The van der Waals surface area contributed by atoms with Crippen molar-refractivity contribution in [1.29, 1.82) is 0 Å². The lowest BCUT2D eigenvalue weighted by Crippen LogP contribution is -2.30. The molecule has 1 amide bonds. The highest BCUT2D eigenvalue weighted by molar-refractivity contribution is 5.97. The first-order valence-corrected chi connectivity index (χ1v) is 8.75. The van der Waals surface area contributed by atoms with E-state index < -0.39 is 36.1 Å². The number of benzene rings is 1. The van der Waals surface area contributed by atoms with Gasteiger partial charge in [-0.1, -0.05) is 26.0 Å². The van der Waals surface area contributed by atoms with Crippen LogP contribution in [-0.2, 0) is 17.4 Å². The molecule has 1 atom stereocenters. The van der Waals surface area contributed by atoms with Crippen molar-refractivity contribution in [2.45, 2.75) is 45.8 Å². The number of furan rings is 1. The van der Waals surface area contributed by atoms with Gasteiger partial charge in [0.15, 0.2) is 0 Å². The molecule has 1 heterocycles. The van der Waals surface area contributed by atoms with Crippen LogP contribution in [0.2, 0.25) is 0 Å². The Hall–Kier alpha value is -2.77. The molecule has 0 spiro atoms. The topological polar surface area (TPSA) is 79.5 Å². The number of amides is 1. The maximum absolute atomic E-state index is 13.1. The summed E-state index contributed by atoms with van der Waals surface area (Å²) in [5, 5.41) is 11.7. The number of carboxylic acid groups (broad SMARTS) is 1. The highest BCUT2D eigenvalue weighted by Crippen LogP contribution is 2.32. The predicted octanol–water partition coefficient (Wildman–Crippen LogP) is 4.75. The molecule has 1 aromatic carbocycles. The van der Waals surface area contributed by atoms with Gasteiger partial charge in [0, 0.05) is 5.56 Å². The van der Waals surface area contributed by atoms with Crippen molar-refractivity contribution in [1.82, 2.24) is 5.32 Å². The molecule has 5 nitrogen and oxygen atoms in total. The average Bonchev–Trinajstić information content (AvgIpc) is 2.93. The van der Waals surface area contributed by atoms with E-state index in [1.807, 2.05) is 13.8 Å². The molecule has 0 saturated heterocycles. The number of carbonyl (C=O) groups excluding carboxylic acids is 1.